The first kappa shape index (κ1) is 14.1. The fraction of sp³-hybridized carbons (Fsp3) is 0.333. The minimum absolute atomic E-state index is 0.580. The summed E-state index contributed by atoms with van der Waals surface area (Å²) in [5, 5.41) is 18.9. The lowest BCUT2D eigenvalue weighted by atomic mass is 10.0. The van der Waals surface area contributed by atoms with Crippen LogP contribution in [0.5, 0.6) is 0 Å². The molecule has 0 radical (unpaired) electrons. The number of hydrogen-bond acceptors (Lipinski definition) is 4. The molecule has 1 aromatic carbocycles. The Hall–Kier alpha value is -2.32. The van der Waals surface area contributed by atoms with Crippen LogP contribution in [0.25, 0.3) is 0 Å². The van der Waals surface area contributed by atoms with Crippen molar-refractivity contribution in [2.75, 3.05) is 11.9 Å². The van der Waals surface area contributed by atoms with Gasteiger partial charge in [0, 0.05) is 37.7 Å². The van der Waals surface area contributed by atoms with E-state index in [-0.39, 0.29) is 0 Å². The van der Waals surface area contributed by atoms with E-state index in [2.05, 4.69) is 11.1 Å². The number of aliphatic hydroxyl groups excluding tert-OH is 1. The third kappa shape index (κ3) is 2.81. The third-order valence-corrected chi connectivity index (χ3v) is 3.32. The van der Waals surface area contributed by atoms with Crippen LogP contribution in [-0.4, -0.2) is 21.7 Å². The van der Waals surface area contributed by atoms with Gasteiger partial charge in [-0.15, -0.1) is 0 Å². The van der Waals surface area contributed by atoms with Crippen molar-refractivity contribution in [1.29, 1.82) is 5.26 Å². The number of hydrogen-bond donors (Lipinski definition) is 1. The molecule has 1 atom stereocenters. The van der Waals surface area contributed by atoms with E-state index in [1.807, 2.05) is 29.8 Å². The molecule has 104 valence electrons. The number of imidazole rings is 1. The quantitative estimate of drug-likeness (QED) is 0.922. The van der Waals surface area contributed by atoms with Crippen LogP contribution in [0.4, 0.5) is 5.69 Å². The van der Waals surface area contributed by atoms with E-state index in [0.29, 0.717) is 12.1 Å². The summed E-state index contributed by atoms with van der Waals surface area (Å²) < 4.78 is 1.95. The first-order valence-corrected chi connectivity index (χ1v) is 6.42. The molecule has 0 fully saturated rings. The first-order valence-electron chi connectivity index (χ1n) is 6.42. The average Bonchev–Trinajstić information content (AvgIpc) is 2.83. The molecule has 1 heterocycles. The Balaban J connectivity index is 2.35. The van der Waals surface area contributed by atoms with Gasteiger partial charge in [-0.05, 0) is 19.1 Å². The number of aryl methyl sites for hydroxylation is 1. The van der Waals surface area contributed by atoms with E-state index in [1.54, 1.807) is 31.3 Å². The van der Waals surface area contributed by atoms with Gasteiger partial charge in [-0.3, -0.25) is 0 Å². The van der Waals surface area contributed by atoms with E-state index in [1.165, 1.54) is 0 Å². The highest BCUT2D eigenvalue weighted by molar-refractivity contribution is 5.58. The van der Waals surface area contributed by atoms with Crippen molar-refractivity contribution in [3.8, 4) is 6.07 Å². The third-order valence-electron chi connectivity index (χ3n) is 3.32. The lowest BCUT2D eigenvalue weighted by Crippen LogP contribution is -2.21. The number of rotatable bonds is 4. The molecule has 0 aliphatic heterocycles. The monoisotopic (exact) mass is 270 g/mol. The lowest BCUT2D eigenvalue weighted by molar-refractivity contribution is 0.199. The molecule has 2 aromatic rings. The highest BCUT2D eigenvalue weighted by Crippen LogP contribution is 2.27. The number of nitriles is 1. The summed E-state index contributed by atoms with van der Waals surface area (Å²) in [6.45, 7) is 2.33. The summed E-state index contributed by atoms with van der Waals surface area (Å²) in [5.74, 6) is 0.923. The van der Waals surface area contributed by atoms with Crippen molar-refractivity contribution >= 4 is 5.69 Å². The van der Waals surface area contributed by atoms with Crippen LogP contribution in [0, 0.1) is 11.3 Å². The van der Waals surface area contributed by atoms with Crippen molar-refractivity contribution in [3.05, 3.63) is 47.5 Å². The zero-order valence-corrected chi connectivity index (χ0v) is 11.9. The Morgan fingerprint density at radius 1 is 1.50 bits per heavy atom. The van der Waals surface area contributed by atoms with Crippen LogP contribution in [0.3, 0.4) is 0 Å². The fourth-order valence-electron chi connectivity index (χ4n) is 2.14. The SMILES string of the molecule is CC(O)c1ccc(C#N)cc1N(C)Cc1nccn1C. The second-order valence-corrected chi connectivity index (χ2v) is 4.87. The van der Waals surface area contributed by atoms with E-state index in [4.69, 9.17) is 5.26 Å². The van der Waals surface area contributed by atoms with Crippen LogP contribution in [0.15, 0.2) is 30.6 Å². The topological polar surface area (TPSA) is 65.1 Å². The Labute approximate surface area is 118 Å². The van der Waals surface area contributed by atoms with Gasteiger partial charge in [-0.25, -0.2) is 4.98 Å². The van der Waals surface area contributed by atoms with Crippen LogP contribution >= 0.6 is 0 Å². The summed E-state index contributed by atoms with van der Waals surface area (Å²) in [6.07, 6.45) is 3.07. The summed E-state index contributed by atoms with van der Waals surface area (Å²) in [5.41, 5.74) is 2.24. The zero-order chi connectivity index (χ0) is 14.7. The zero-order valence-electron chi connectivity index (χ0n) is 11.9. The van der Waals surface area contributed by atoms with Crippen molar-refractivity contribution in [2.45, 2.75) is 19.6 Å². The van der Waals surface area contributed by atoms with Gasteiger partial charge in [0.15, 0.2) is 0 Å². The molecule has 5 heteroatoms. The minimum Gasteiger partial charge on any atom is -0.389 e. The van der Waals surface area contributed by atoms with E-state index in [0.717, 1.165) is 17.1 Å². The molecular weight excluding hydrogens is 252 g/mol. The van der Waals surface area contributed by atoms with Crippen LogP contribution in [0.2, 0.25) is 0 Å². The molecule has 0 aliphatic rings. The highest BCUT2D eigenvalue weighted by Gasteiger charge is 2.14. The van der Waals surface area contributed by atoms with Crippen LogP contribution in [0.1, 0.15) is 30.0 Å². The van der Waals surface area contributed by atoms with E-state index in [9.17, 15) is 5.11 Å². The number of benzene rings is 1. The molecule has 1 N–H and O–H groups in total. The smallest absolute Gasteiger partial charge is 0.127 e. The van der Waals surface area contributed by atoms with Gasteiger partial charge in [0.05, 0.1) is 24.3 Å². The Kier molecular flexibility index (Phi) is 4.06. The average molecular weight is 270 g/mol. The lowest BCUT2D eigenvalue weighted by Gasteiger charge is -2.23. The fourth-order valence-corrected chi connectivity index (χ4v) is 2.14. The molecule has 0 bridgehead atoms. The molecule has 1 unspecified atom stereocenters. The van der Waals surface area contributed by atoms with Crippen molar-refractivity contribution < 1.29 is 5.11 Å². The molecule has 0 spiro atoms. The normalized spacial score (nSPS) is 11.9. The molecule has 5 nitrogen and oxygen atoms in total. The van der Waals surface area contributed by atoms with Gasteiger partial charge in [0.1, 0.15) is 5.82 Å². The second-order valence-electron chi connectivity index (χ2n) is 4.87. The Morgan fingerprint density at radius 2 is 2.25 bits per heavy atom. The number of aromatic nitrogens is 2. The molecule has 20 heavy (non-hydrogen) atoms. The summed E-state index contributed by atoms with van der Waals surface area (Å²) >= 11 is 0. The maximum atomic E-state index is 9.87. The molecule has 0 aliphatic carbocycles. The Morgan fingerprint density at radius 3 is 2.80 bits per heavy atom. The van der Waals surface area contributed by atoms with Gasteiger partial charge in [-0.2, -0.15) is 5.26 Å². The number of nitrogens with zero attached hydrogens (tertiary/aromatic N) is 4. The summed E-state index contributed by atoms with van der Waals surface area (Å²) in [4.78, 5) is 6.28. The van der Waals surface area contributed by atoms with Gasteiger partial charge in [0.2, 0.25) is 0 Å². The number of aliphatic hydroxyl groups is 1. The van der Waals surface area contributed by atoms with Crippen molar-refractivity contribution in [1.82, 2.24) is 9.55 Å². The maximum Gasteiger partial charge on any atom is 0.127 e. The predicted molar refractivity (Wildman–Crippen MR) is 77.1 cm³/mol. The van der Waals surface area contributed by atoms with Crippen LogP contribution in [-0.2, 0) is 13.6 Å². The largest absolute Gasteiger partial charge is 0.389 e. The molecule has 0 saturated carbocycles. The van der Waals surface area contributed by atoms with Gasteiger partial charge in [0.25, 0.3) is 0 Å². The van der Waals surface area contributed by atoms with Crippen molar-refractivity contribution in [3.63, 3.8) is 0 Å². The van der Waals surface area contributed by atoms with E-state index < -0.39 is 6.10 Å². The molecule has 2 rings (SSSR count). The van der Waals surface area contributed by atoms with Gasteiger partial charge in [-0.1, -0.05) is 6.07 Å². The van der Waals surface area contributed by atoms with E-state index >= 15 is 0 Å². The number of anilines is 1. The van der Waals surface area contributed by atoms with Crippen molar-refractivity contribution in [2.24, 2.45) is 7.05 Å². The second kappa shape index (κ2) is 5.76. The van der Waals surface area contributed by atoms with Gasteiger partial charge >= 0.3 is 0 Å². The standard InChI is InChI=1S/C15H18N4O/c1-11(20)13-5-4-12(9-16)8-14(13)19(3)10-15-17-6-7-18(15)2/h4-8,11,20H,10H2,1-3H3. The molecule has 1 aromatic heterocycles. The highest BCUT2D eigenvalue weighted by atomic mass is 16.3. The summed E-state index contributed by atoms with van der Waals surface area (Å²) in [6, 6.07) is 7.45. The molecule has 0 saturated heterocycles. The Bertz CT molecular complexity index is 640. The van der Waals surface area contributed by atoms with Crippen LogP contribution < -0.4 is 4.90 Å². The maximum absolute atomic E-state index is 9.87. The van der Waals surface area contributed by atoms with Gasteiger partial charge < -0.3 is 14.6 Å². The minimum atomic E-state index is -0.582. The first-order chi connectivity index (χ1) is 9.52. The molecule has 0 amide bonds. The summed E-state index contributed by atoms with van der Waals surface area (Å²) in [7, 11) is 3.87. The predicted octanol–water partition coefficient (Wildman–Crippen LogP) is 1.98. The molecular formula is C15H18N4O.